The average Bonchev–Trinajstić information content (AvgIpc) is 4.04. The van der Waals surface area contributed by atoms with Gasteiger partial charge in [-0.1, -0.05) is 0 Å². The Morgan fingerprint density at radius 1 is 0.724 bits per heavy atom. The molecular formula is C42H41N9O5S2. The highest BCUT2D eigenvalue weighted by molar-refractivity contribution is 7.19. The summed E-state index contributed by atoms with van der Waals surface area (Å²) < 4.78 is 11.2. The molecule has 14 nitrogen and oxygen atoms in total. The minimum Gasteiger partial charge on any atom is -0.495 e. The maximum atomic E-state index is 12.5. The Morgan fingerprint density at radius 3 is 1.67 bits per heavy atom. The number of ether oxygens (including phenoxy) is 2. The number of nitrogens with one attached hydrogen (secondary N) is 2. The number of methoxy groups -OCH3 is 2. The molecule has 6 heterocycles. The van der Waals surface area contributed by atoms with E-state index in [-0.39, 0.29) is 17.7 Å². The van der Waals surface area contributed by atoms with Gasteiger partial charge in [-0.05, 0) is 96.2 Å². The number of nitrogens with zero attached hydrogens (tertiary/aromatic N) is 7. The lowest BCUT2D eigenvalue weighted by Gasteiger charge is -2.24. The van der Waals surface area contributed by atoms with Gasteiger partial charge in [0, 0.05) is 42.2 Å². The Bertz CT molecular complexity index is 2690. The van der Waals surface area contributed by atoms with Crippen molar-refractivity contribution in [2.24, 2.45) is 21.8 Å². The minimum absolute atomic E-state index is 0.0426. The van der Waals surface area contributed by atoms with Crippen LogP contribution in [-0.2, 0) is 48.4 Å². The molecule has 0 bridgehead atoms. The maximum absolute atomic E-state index is 12.5. The van der Waals surface area contributed by atoms with Crippen molar-refractivity contribution in [1.29, 1.82) is 0 Å². The van der Waals surface area contributed by atoms with Gasteiger partial charge in [0.2, 0.25) is 5.91 Å². The molecule has 0 saturated heterocycles. The molecule has 2 atom stereocenters. The van der Waals surface area contributed by atoms with Crippen LogP contribution in [0.5, 0.6) is 11.5 Å². The lowest BCUT2D eigenvalue weighted by atomic mass is 9.87. The van der Waals surface area contributed by atoms with Gasteiger partial charge < -0.3 is 30.1 Å². The van der Waals surface area contributed by atoms with E-state index in [2.05, 4.69) is 46.6 Å². The van der Waals surface area contributed by atoms with Gasteiger partial charge in [0.15, 0.2) is 0 Å². The van der Waals surface area contributed by atoms with E-state index in [0.29, 0.717) is 25.9 Å². The van der Waals surface area contributed by atoms with Crippen molar-refractivity contribution >= 4 is 90.4 Å². The van der Waals surface area contributed by atoms with Crippen LogP contribution in [0.1, 0.15) is 56.0 Å². The van der Waals surface area contributed by atoms with Gasteiger partial charge in [-0.3, -0.25) is 19.6 Å². The van der Waals surface area contributed by atoms with Gasteiger partial charge in [0.25, 0.3) is 0 Å². The van der Waals surface area contributed by atoms with E-state index in [9.17, 15) is 14.7 Å². The number of carbonyl (C=O) groups excluding carboxylic acids is 1. The van der Waals surface area contributed by atoms with Gasteiger partial charge in [-0.15, -0.1) is 22.7 Å². The van der Waals surface area contributed by atoms with Crippen molar-refractivity contribution < 1.29 is 24.2 Å². The highest BCUT2D eigenvalue weighted by Crippen LogP contribution is 2.43. The van der Waals surface area contributed by atoms with E-state index < -0.39 is 5.97 Å². The van der Waals surface area contributed by atoms with Gasteiger partial charge >= 0.3 is 5.97 Å². The second kappa shape index (κ2) is 15.4. The fourth-order valence-corrected chi connectivity index (χ4v) is 10.8. The third-order valence-electron chi connectivity index (χ3n) is 11.2. The summed E-state index contributed by atoms with van der Waals surface area (Å²) in [5.74, 6) is 2.22. The quantitative estimate of drug-likeness (QED) is 0.142. The normalized spacial score (nSPS) is 17.2. The minimum atomic E-state index is -0.725. The summed E-state index contributed by atoms with van der Waals surface area (Å²) in [6.07, 6.45) is 11.3. The number of aliphatic carboxylic acids is 1. The van der Waals surface area contributed by atoms with Gasteiger partial charge in [0.1, 0.15) is 45.5 Å². The topological polar surface area (TPSA) is 176 Å². The summed E-state index contributed by atoms with van der Waals surface area (Å²) in [6, 6.07) is 8.12. The van der Waals surface area contributed by atoms with Crippen LogP contribution < -0.4 is 20.1 Å². The SMILES string of the molecule is COc1cc2c(cc1Nc1ncnc3sc4c(c13)CC[C@H](C(=O)N(C)C)C4)C=NC2.COc1cc2c(cc1Nc1ncnc3sc4c(c13)CC[C@H](C(=O)O)C4)C=NC2. The van der Waals surface area contributed by atoms with Crippen LogP contribution in [0.25, 0.3) is 20.4 Å². The maximum Gasteiger partial charge on any atom is 0.306 e. The number of rotatable bonds is 8. The Labute approximate surface area is 342 Å². The number of carboxylic acid groups (broad SMARTS) is 1. The number of fused-ring (bicyclic) bond motifs is 8. The van der Waals surface area contributed by atoms with Crippen molar-refractivity contribution in [1.82, 2.24) is 24.8 Å². The van der Waals surface area contributed by atoms with Crippen LogP contribution in [-0.4, -0.2) is 82.6 Å². The molecule has 4 aliphatic rings. The molecule has 0 radical (unpaired) electrons. The predicted octanol–water partition coefficient (Wildman–Crippen LogP) is 7.13. The number of aliphatic imine (C=N–C) groups is 2. The Kier molecular flexibility index (Phi) is 9.97. The molecule has 0 unspecified atom stereocenters. The van der Waals surface area contributed by atoms with Crippen molar-refractivity contribution in [3.8, 4) is 11.5 Å². The average molecular weight is 816 g/mol. The second-order valence-corrected chi connectivity index (χ2v) is 17.1. The first-order valence-electron chi connectivity index (χ1n) is 19.1. The van der Waals surface area contributed by atoms with Gasteiger partial charge in [-0.2, -0.15) is 0 Å². The Hall–Kier alpha value is -6.00. The number of benzene rings is 2. The summed E-state index contributed by atoms with van der Waals surface area (Å²) in [6.45, 7) is 1.36. The first-order chi connectivity index (χ1) is 28.2. The fourth-order valence-electron chi connectivity index (χ4n) is 8.26. The zero-order valence-electron chi connectivity index (χ0n) is 32.5. The molecule has 2 aliphatic heterocycles. The lowest BCUT2D eigenvalue weighted by molar-refractivity contribution is -0.142. The van der Waals surface area contributed by atoms with E-state index >= 15 is 0 Å². The number of amides is 1. The molecule has 2 aliphatic carbocycles. The van der Waals surface area contributed by atoms with Crippen LogP contribution >= 0.6 is 22.7 Å². The number of aryl methyl sites for hydroxylation is 2. The van der Waals surface area contributed by atoms with Gasteiger partial charge in [-0.25, -0.2) is 19.9 Å². The lowest BCUT2D eigenvalue weighted by Crippen LogP contribution is -2.32. The predicted molar refractivity (Wildman–Crippen MR) is 227 cm³/mol. The van der Waals surface area contributed by atoms with Crippen LogP contribution in [0.4, 0.5) is 23.0 Å². The van der Waals surface area contributed by atoms with Crippen LogP contribution in [0, 0.1) is 11.8 Å². The highest BCUT2D eigenvalue weighted by atomic mass is 32.1. The zero-order chi connectivity index (χ0) is 40.1. The number of hydrogen-bond acceptors (Lipinski definition) is 14. The summed E-state index contributed by atoms with van der Waals surface area (Å²) in [5.41, 5.74) is 8.60. The number of carbonyl (C=O) groups is 2. The number of anilines is 4. The molecule has 2 aromatic carbocycles. The number of aromatic nitrogens is 4. The standard InChI is InChI=1S/C22H23N5O2S.C20H18N4O3S/c1-27(2)22(28)12-4-5-15-18(8-12)30-21-19(15)20(24-11-25-21)26-16-6-13-9-23-10-14(13)7-17(16)29-3;1-27-15-5-12-8-21-7-11(12)4-14(15)24-18-17-13-3-2-10(20(25)26)6-16(13)28-19(17)23-9-22-18/h6-7,9,11-12H,4-5,8,10H2,1-3H3,(H,24,25,26);4-5,7,9-10H,2-3,6,8H2,1H3,(H,25,26)(H,22,23,24)/t12-;10-/m00/s1. The second-order valence-electron chi connectivity index (χ2n) is 15.0. The number of thiophene rings is 2. The molecule has 4 aromatic heterocycles. The van der Waals surface area contributed by atoms with E-state index in [0.717, 1.165) is 108 Å². The third kappa shape index (κ3) is 6.89. The first-order valence-corrected chi connectivity index (χ1v) is 20.7. The largest absolute Gasteiger partial charge is 0.495 e. The van der Waals surface area contributed by atoms with Gasteiger partial charge in [0.05, 0.1) is 55.4 Å². The van der Waals surface area contributed by atoms with Crippen LogP contribution in [0.2, 0.25) is 0 Å². The molecule has 0 spiro atoms. The number of hydrogen-bond donors (Lipinski definition) is 3. The summed E-state index contributed by atoms with van der Waals surface area (Å²) >= 11 is 3.24. The van der Waals surface area contributed by atoms with Crippen LogP contribution in [0.3, 0.4) is 0 Å². The van der Waals surface area contributed by atoms with E-state index in [1.54, 1.807) is 54.4 Å². The Morgan fingerprint density at radius 2 is 1.21 bits per heavy atom. The van der Waals surface area contributed by atoms with Crippen molar-refractivity contribution in [2.75, 3.05) is 38.9 Å². The summed E-state index contributed by atoms with van der Waals surface area (Å²) in [7, 11) is 6.97. The molecule has 1 amide bonds. The highest BCUT2D eigenvalue weighted by Gasteiger charge is 2.31. The van der Waals surface area contributed by atoms with E-state index in [1.165, 1.54) is 16.0 Å². The van der Waals surface area contributed by atoms with Crippen molar-refractivity contribution in [3.05, 3.63) is 80.1 Å². The molecule has 16 heteroatoms. The smallest absolute Gasteiger partial charge is 0.306 e. The molecule has 0 fully saturated rings. The molecule has 3 N–H and O–H groups in total. The summed E-state index contributed by atoms with van der Waals surface area (Å²) in [4.78, 5) is 56.4. The van der Waals surface area contributed by atoms with E-state index in [1.807, 2.05) is 44.7 Å². The summed E-state index contributed by atoms with van der Waals surface area (Å²) in [5, 5.41) is 18.3. The first kappa shape index (κ1) is 37.6. The molecule has 58 heavy (non-hydrogen) atoms. The third-order valence-corrected chi connectivity index (χ3v) is 13.6. The Balaban J connectivity index is 0.000000151. The molecular weight excluding hydrogens is 775 g/mol. The zero-order valence-corrected chi connectivity index (χ0v) is 34.1. The number of carboxylic acids is 1. The molecule has 296 valence electrons. The van der Waals surface area contributed by atoms with Crippen LogP contribution in [0.15, 0.2) is 46.9 Å². The molecule has 6 aromatic rings. The van der Waals surface area contributed by atoms with Crippen molar-refractivity contribution in [2.45, 2.75) is 51.6 Å². The molecule has 10 rings (SSSR count). The fraction of sp³-hybridized carbons (Fsp3) is 0.333. The monoisotopic (exact) mass is 815 g/mol. The van der Waals surface area contributed by atoms with E-state index in [4.69, 9.17) is 9.47 Å². The van der Waals surface area contributed by atoms with Crippen molar-refractivity contribution in [3.63, 3.8) is 0 Å². The molecule has 0 saturated carbocycles.